The molecule has 1 atom stereocenters. The predicted molar refractivity (Wildman–Crippen MR) is 159 cm³/mol. The van der Waals surface area contributed by atoms with Gasteiger partial charge in [0, 0.05) is 9.13 Å². The molecule has 40 heavy (non-hydrogen) atoms. The van der Waals surface area contributed by atoms with Crippen LogP contribution in [0, 0.1) is 10.5 Å². The van der Waals surface area contributed by atoms with Crippen molar-refractivity contribution in [2.75, 3.05) is 26.9 Å². The maximum absolute atomic E-state index is 14.0. The summed E-state index contributed by atoms with van der Waals surface area (Å²) in [6.07, 6.45) is 1.69. The molecule has 0 radical (unpaired) electrons. The Balaban J connectivity index is 1.91. The fourth-order valence-electron chi connectivity index (χ4n) is 4.33. The monoisotopic (exact) mass is 676 g/mol. The van der Waals surface area contributed by atoms with Gasteiger partial charge in [0.15, 0.2) is 22.9 Å². The van der Waals surface area contributed by atoms with E-state index in [4.69, 9.17) is 18.9 Å². The molecule has 2 aromatic carbocycles. The predicted octanol–water partition coefficient (Wildman–Crippen LogP) is 3.66. The molecule has 0 aliphatic carbocycles. The van der Waals surface area contributed by atoms with Crippen LogP contribution in [0.25, 0.3) is 6.08 Å². The number of hydrogen-bond acceptors (Lipinski definition) is 9. The third kappa shape index (κ3) is 6.15. The first-order chi connectivity index (χ1) is 19.2. The molecule has 2 heterocycles. The van der Waals surface area contributed by atoms with Crippen molar-refractivity contribution in [2.24, 2.45) is 4.99 Å². The zero-order valence-electron chi connectivity index (χ0n) is 22.8. The molecule has 210 valence electrons. The fourth-order valence-corrected chi connectivity index (χ4v) is 5.99. The third-order valence-electron chi connectivity index (χ3n) is 6.10. The first-order valence-electron chi connectivity index (χ1n) is 12.6. The normalized spacial score (nSPS) is 14.8. The van der Waals surface area contributed by atoms with Crippen molar-refractivity contribution in [3.05, 3.63) is 87.6 Å². The van der Waals surface area contributed by atoms with E-state index < -0.39 is 18.0 Å². The van der Waals surface area contributed by atoms with Crippen LogP contribution >= 0.6 is 33.9 Å². The van der Waals surface area contributed by atoms with E-state index in [1.54, 1.807) is 32.9 Å². The number of carbonyl (C=O) groups excluding carboxylic acids is 2. The van der Waals surface area contributed by atoms with Gasteiger partial charge in [-0.1, -0.05) is 41.2 Å². The number of fused-ring (bicyclic) bond motifs is 1. The average molecular weight is 677 g/mol. The van der Waals surface area contributed by atoms with Gasteiger partial charge in [-0.15, -0.1) is 0 Å². The quantitative estimate of drug-likeness (QED) is 0.252. The molecule has 0 bridgehead atoms. The van der Waals surface area contributed by atoms with Gasteiger partial charge in [0.2, 0.25) is 0 Å². The Labute approximate surface area is 248 Å². The number of halogens is 1. The third-order valence-corrected chi connectivity index (χ3v) is 7.71. The topological polar surface area (TPSA) is 105 Å². The van der Waals surface area contributed by atoms with Crippen molar-refractivity contribution in [2.45, 2.75) is 33.7 Å². The number of nitrogens with zero attached hydrogens (tertiary/aromatic N) is 2. The van der Waals surface area contributed by atoms with Crippen LogP contribution in [0.5, 0.6) is 11.5 Å². The van der Waals surface area contributed by atoms with Gasteiger partial charge in [-0.3, -0.25) is 9.36 Å². The van der Waals surface area contributed by atoms with Gasteiger partial charge in [0.1, 0.15) is 0 Å². The largest absolute Gasteiger partial charge is 0.493 e. The molecule has 1 aliphatic rings. The minimum atomic E-state index is -0.706. The van der Waals surface area contributed by atoms with Crippen LogP contribution in [0.4, 0.5) is 0 Å². The molecule has 3 aromatic rings. The molecule has 9 nitrogen and oxygen atoms in total. The van der Waals surface area contributed by atoms with Gasteiger partial charge in [-0.25, -0.2) is 14.6 Å². The number of esters is 2. The van der Waals surface area contributed by atoms with Crippen molar-refractivity contribution in [1.29, 1.82) is 0 Å². The van der Waals surface area contributed by atoms with E-state index in [0.717, 1.165) is 14.7 Å². The summed E-state index contributed by atoms with van der Waals surface area (Å²) in [4.78, 5) is 44.1. The smallest absolute Gasteiger partial charge is 0.344 e. The van der Waals surface area contributed by atoms with Crippen molar-refractivity contribution < 1.29 is 28.5 Å². The molecule has 0 saturated carbocycles. The summed E-state index contributed by atoms with van der Waals surface area (Å²) in [7, 11) is 1.50. The SMILES string of the molecule is CCOC(=O)COc1c(/C=c2\sc3n(c2=O)[C@@H](c2ccc(C)cc2)C(C(=O)OCC)=C(C)N=3)cc(I)cc1OC. The van der Waals surface area contributed by atoms with Crippen LogP contribution in [0.1, 0.15) is 43.5 Å². The van der Waals surface area contributed by atoms with Gasteiger partial charge < -0.3 is 18.9 Å². The molecule has 1 aliphatic heterocycles. The van der Waals surface area contributed by atoms with Crippen molar-refractivity contribution in [3.63, 3.8) is 0 Å². The second-order valence-electron chi connectivity index (χ2n) is 8.83. The Morgan fingerprint density at radius 2 is 1.80 bits per heavy atom. The highest BCUT2D eigenvalue weighted by Gasteiger charge is 2.33. The lowest BCUT2D eigenvalue weighted by Crippen LogP contribution is -2.39. The Hall–Kier alpha value is -3.45. The summed E-state index contributed by atoms with van der Waals surface area (Å²) in [5.74, 6) is -0.317. The van der Waals surface area contributed by atoms with Gasteiger partial charge in [-0.2, -0.15) is 0 Å². The van der Waals surface area contributed by atoms with E-state index in [0.29, 0.717) is 37.7 Å². The van der Waals surface area contributed by atoms with Gasteiger partial charge >= 0.3 is 11.9 Å². The lowest BCUT2D eigenvalue weighted by molar-refractivity contribution is -0.145. The average Bonchev–Trinajstić information content (AvgIpc) is 3.21. The Bertz CT molecular complexity index is 1650. The Kier molecular flexibility index (Phi) is 9.46. The number of methoxy groups -OCH3 is 1. The molecule has 1 aromatic heterocycles. The highest BCUT2D eigenvalue weighted by Crippen LogP contribution is 2.34. The fraction of sp³-hybridized carbons (Fsp3) is 0.310. The van der Waals surface area contributed by atoms with Crippen molar-refractivity contribution in [1.82, 2.24) is 4.57 Å². The molecule has 0 fully saturated rings. The van der Waals surface area contributed by atoms with E-state index in [-0.39, 0.29) is 25.4 Å². The lowest BCUT2D eigenvalue weighted by atomic mass is 9.95. The van der Waals surface area contributed by atoms with Gasteiger partial charge in [0.25, 0.3) is 5.56 Å². The second kappa shape index (κ2) is 12.8. The number of ether oxygens (including phenoxy) is 4. The summed E-state index contributed by atoms with van der Waals surface area (Å²) in [6, 6.07) is 10.6. The maximum Gasteiger partial charge on any atom is 0.344 e. The van der Waals surface area contributed by atoms with Crippen molar-refractivity contribution in [3.8, 4) is 11.5 Å². The summed E-state index contributed by atoms with van der Waals surface area (Å²) in [5, 5.41) is 0. The summed E-state index contributed by atoms with van der Waals surface area (Å²) in [6.45, 7) is 7.28. The number of hydrogen-bond donors (Lipinski definition) is 0. The standard InChI is InChI=1S/C29H29IN2O7S/c1-6-37-23(33)15-39-26-19(12-20(30)14-21(26)36-5)13-22-27(34)32-25(18-10-8-16(3)9-11-18)24(28(35)38-7-2)17(4)31-29(32)40-22/h8-14,25H,6-7,15H2,1-5H3/b22-13-/t25-/m0/s1. The summed E-state index contributed by atoms with van der Waals surface area (Å²) in [5.41, 5.74) is 2.86. The molecular weight excluding hydrogens is 647 g/mol. The minimum absolute atomic E-state index is 0.198. The molecule has 4 rings (SSSR count). The summed E-state index contributed by atoms with van der Waals surface area (Å²) >= 11 is 3.35. The molecular formula is C29H29IN2O7S. The molecule has 11 heteroatoms. The van der Waals surface area contributed by atoms with Crippen LogP contribution in [0.2, 0.25) is 0 Å². The van der Waals surface area contributed by atoms with E-state index in [9.17, 15) is 14.4 Å². The van der Waals surface area contributed by atoms with Crippen LogP contribution in [0.3, 0.4) is 0 Å². The molecule has 0 unspecified atom stereocenters. The van der Waals surface area contributed by atoms with Gasteiger partial charge in [0.05, 0.1) is 42.2 Å². The first-order valence-corrected chi connectivity index (χ1v) is 14.5. The second-order valence-corrected chi connectivity index (χ2v) is 11.1. The van der Waals surface area contributed by atoms with Crippen LogP contribution < -0.4 is 24.4 Å². The highest BCUT2D eigenvalue weighted by molar-refractivity contribution is 14.1. The van der Waals surface area contributed by atoms with Gasteiger partial charge in [-0.05, 0) is 74.1 Å². The van der Waals surface area contributed by atoms with Crippen LogP contribution in [-0.4, -0.2) is 43.4 Å². The summed E-state index contributed by atoms with van der Waals surface area (Å²) < 4.78 is 24.4. The van der Waals surface area contributed by atoms with E-state index in [1.165, 1.54) is 23.0 Å². The number of rotatable bonds is 9. The Morgan fingerprint density at radius 3 is 2.45 bits per heavy atom. The lowest BCUT2D eigenvalue weighted by Gasteiger charge is -2.24. The van der Waals surface area contributed by atoms with Crippen molar-refractivity contribution >= 4 is 51.9 Å². The Morgan fingerprint density at radius 1 is 1.10 bits per heavy atom. The molecule has 0 spiro atoms. The number of aromatic nitrogens is 1. The van der Waals surface area contributed by atoms with E-state index in [1.807, 2.05) is 37.3 Å². The maximum atomic E-state index is 14.0. The van der Waals surface area contributed by atoms with E-state index in [2.05, 4.69) is 27.6 Å². The molecule has 0 amide bonds. The number of allylic oxidation sites excluding steroid dienone is 1. The highest BCUT2D eigenvalue weighted by atomic mass is 127. The minimum Gasteiger partial charge on any atom is -0.493 e. The zero-order chi connectivity index (χ0) is 29.0. The molecule has 0 N–H and O–H groups in total. The number of thiazole rings is 1. The van der Waals surface area contributed by atoms with Crippen LogP contribution in [-0.2, 0) is 19.1 Å². The number of carbonyl (C=O) groups is 2. The zero-order valence-corrected chi connectivity index (χ0v) is 25.8. The van der Waals surface area contributed by atoms with Crippen LogP contribution in [0.15, 0.2) is 57.5 Å². The number of aryl methyl sites for hydroxylation is 1. The first kappa shape index (κ1) is 29.5. The number of benzene rings is 2. The molecule has 0 saturated heterocycles. The van der Waals surface area contributed by atoms with E-state index >= 15 is 0 Å².